The number of benzene rings is 1. The first-order chi connectivity index (χ1) is 9.04. The van der Waals surface area contributed by atoms with Gasteiger partial charge in [-0.25, -0.2) is 0 Å². The molecule has 0 aliphatic carbocycles. The van der Waals surface area contributed by atoms with Gasteiger partial charge in [0.2, 0.25) is 0 Å². The summed E-state index contributed by atoms with van der Waals surface area (Å²) in [4.78, 5) is 13.4. The second kappa shape index (κ2) is 7.79. The van der Waals surface area contributed by atoms with Crippen LogP contribution >= 0.6 is 0 Å². The third-order valence-electron chi connectivity index (χ3n) is 3.03. The summed E-state index contributed by atoms with van der Waals surface area (Å²) in [6, 6.07) is 7.87. The fourth-order valence-corrected chi connectivity index (χ4v) is 1.66. The number of rotatable bonds is 7. The van der Waals surface area contributed by atoms with Crippen LogP contribution in [-0.4, -0.2) is 37.6 Å². The molecular formula is C15H24N2O2. The molecule has 19 heavy (non-hydrogen) atoms. The maximum atomic E-state index is 11.8. The Morgan fingerprint density at radius 3 is 2.47 bits per heavy atom. The summed E-state index contributed by atoms with van der Waals surface area (Å²) >= 11 is 0. The number of amides is 1. The van der Waals surface area contributed by atoms with Gasteiger partial charge >= 0.3 is 0 Å². The van der Waals surface area contributed by atoms with Crippen molar-refractivity contribution in [2.24, 2.45) is 5.73 Å². The fourth-order valence-electron chi connectivity index (χ4n) is 1.66. The molecule has 0 saturated heterocycles. The number of ether oxygens (including phenoxy) is 1. The second-order valence-electron chi connectivity index (χ2n) is 4.97. The summed E-state index contributed by atoms with van der Waals surface area (Å²) in [5, 5.41) is 0. The van der Waals surface area contributed by atoms with Crippen molar-refractivity contribution in [2.75, 3.05) is 26.7 Å². The van der Waals surface area contributed by atoms with E-state index in [0.717, 1.165) is 12.2 Å². The molecule has 0 unspecified atom stereocenters. The van der Waals surface area contributed by atoms with Gasteiger partial charge < -0.3 is 15.4 Å². The number of likely N-dealkylation sites (N-methyl/N-ethyl adjacent to an activating group) is 1. The van der Waals surface area contributed by atoms with E-state index in [1.54, 1.807) is 11.9 Å². The molecule has 0 fully saturated rings. The average Bonchev–Trinajstić information content (AvgIpc) is 2.42. The van der Waals surface area contributed by atoms with E-state index in [4.69, 9.17) is 10.5 Å². The smallest absolute Gasteiger partial charge is 0.260 e. The summed E-state index contributed by atoms with van der Waals surface area (Å²) in [5.41, 5.74) is 6.67. The number of nitrogens with two attached hydrogens (primary N) is 1. The summed E-state index contributed by atoms with van der Waals surface area (Å²) in [6.45, 7) is 5.62. The van der Waals surface area contributed by atoms with Gasteiger partial charge in [0.25, 0.3) is 5.91 Å². The Morgan fingerprint density at radius 1 is 1.32 bits per heavy atom. The van der Waals surface area contributed by atoms with Gasteiger partial charge in [0.15, 0.2) is 6.61 Å². The molecule has 0 aromatic heterocycles. The number of carbonyl (C=O) groups excluding carboxylic acids is 1. The van der Waals surface area contributed by atoms with Gasteiger partial charge in [-0.2, -0.15) is 0 Å². The van der Waals surface area contributed by atoms with E-state index < -0.39 is 0 Å². The lowest BCUT2D eigenvalue weighted by Crippen LogP contribution is -2.33. The van der Waals surface area contributed by atoms with Crippen molar-refractivity contribution in [1.29, 1.82) is 0 Å². The van der Waals surface area contributed by atoms with Gasteiger partial charge in [0.05, 0.1) is 0 Å². The first kappa shape index (κ1) is 15.5. The number of carbonyl (C=O) groups is 1. The minimum Gasteiger partial charge on any atom is -0.484 e. The Balaban J connectivity index is 2.41. The topological polar surface area (TPSA) is 55.6 Å². The highest BCUT2D eigenvalue weighted by atomic mass is 16.5. The maximum absolute atomic E-state index is 11.8. The van der Waals surface area contributed by atoms with Crippen LogP contribution in [0.5, 0.6) is 5.75 Å². The average molecular weight is 264 g/mol. The number of hydrogen-bond acceptors (Lipinski definition) is 3. The molecule has 0 saturated carbocycles. The van der Waals surface area contributed by atoms with E-state index in [-0.39, 0.29) is 12.5 Å². The quantitative estimate of drug-likeness (QED) is 0.819. The van der Waals surface area contributed by atoms with Crippen LogP contribution in [0.4, 0.5) is 0 Å². The zero-order chi connectivity index (χ0) is 14.3. The predicted octanol–water partition coefficient (Wildman–Crippen LogP) is 2.00. The first-order valence-electron chi connectivity index (χ1n) is 6.71. The molecule has 0 radical (unpaired) electrons. The van der Waals surface area contributed by atoms with Crippen molar-refractivity contribution in [3.8, 4) is 5.75 Å². The molecule has 0 bridgehead atoms. The predicted molar refractivity (Wildman–Crippen MR) is 77.3 cm³/mol. The summed E-state index contributed by atoms with van der Waals surface area (Å²) < 4.78 is 5.48. The van der Waals surface area contributed by atoms with E-state index in [0.29, 0.717) is 19.0 Å². The Kier molecular flexibility index (Phi) is 6.36. The van der Waals surface area contributed by atoms with Crippen LogP contribution in [0.25, 0.3) is 0 Å². The Labute approximate surface area is 115 Å². The van der Waals surface area contributed by atoms with E-state index in [9.17, 15) is 4.79 Å². The van der Waals surface area contributed by atoms with Crippen LogP contribution in [0, 0.1) is 0 Å². The first-order valence-corrected chi connectivity index (χ1v) is 6.71. The summed E-state index contributed by atoms with van der Waals surface area (Å²) in [7, 11) is 1.77. The molecule has 4 heteroatoms. The van der Waals surface area contributed by atoms with Crippen LogP contribution in [-0.2, 0) is 4.79 Å². The van der Waals surface area contributed by atoms with Gasteiger partial charge in [0.1, 0.15) is 5.75 Å². The number of hydrogen-bond donors (Lipinski definition) is 1. The third kappa shape index (κ3) is 5.30. The molecule has 1 amide bonds. The van der Waals surface area contributed by atoms with Gasteiger partial charge in [-0.1, -0.05) is 26.0 Å². The lowest BCUT2D eigenvalue weighted by molar-refractivity contribution is -0.132. The van der Waals surface area contributed by atoms with E-state index in [1.165, 1.54) is 5.56 Å². The van der Waals surface area contributed by atoms with E-state index >= 15 is 0 Å². The zero-order valence-electron chi connectivity index (χ0n) is 12.1. The van der Waals surface area contributed by atoms with E-state index in [1.807, 2.05) is 24.3 Å². The molecule has 0 spiro atoms. The Hall–Kier alpha value is -1.55. The van der Waals surface area contributed by atoms with Crippen molar-refractivity contribution < 1.29 is 9.53 Å². The molecule has 0 atom stereocenters. The number of nitrogens with zero attached hydrogens (tertiary/aromatic N) is 1. The second-order valence-corrected chi connectivity index (χ2v) is 4.97. The molecule has 4 nitrogen and oxygen atoms in total. The highest BCUT2D eigenvalue weighted by Gasteiger charge is 2.09. The van der Waals surface area contributed by atoms with E-state index in [2.05, 4.69) is 13.8 Å². The van der Waals surface area contributed by atoms with Crippen molar-refractivity contribution >= 4 is 5.91 Å². The standard InChI is InChI=1S/C15H24N2O2/c1-12(2)13-5-7-14(8-6-13)19-11-15(18)17(3)10-4-9-16/h5-8,12H,4,9-11,16H2,1-3H3. The van der Waals surface area contributed by atoms with Crippen LogP contribution < -0.4 is 10.5 Å². The van der Waals surface area contributed by atoms with Crippen molar-refractivity contribution in [3.05, 3.63) is 29.8 Å². The van der Waals surface area contributed by atoms with Gasteiger partial charge in [0, 0.05) is 13.6 Å². The fraction of sp³-hybridized carbons (Fsp3) is 0.533. The van der Waals surface area contributed by atoms with Crippen molar-refractivity contribution in [1.82, 2.24) is 4.90 Å². The molecule has 106 valence electrons. The van der Waals surface area contributed by atoms with Crippen LogP contribution in [0.3, 0.4) is 0 Å². The maximum Gasteiger partial charge on any atom is 0.260 e. The largest absolute Gasteiger partial charge is 0.484 e. The highest BCUT2D eigenvalue weighted by molar-refractivity contribution is 5.77. The zero-order valence-corrected chi connectivity index (χ0v) is 12.1. The molecule has 1 aromatic carbocycles. The monoisotopic (exact) mass is 264 g/mol. The molecule has 0 heterocycles. The van der Waals surface area contributed by atoms with Crippen LogP contribution in [0.15, 0.2) is 24.3 Å². The third-order valence-corrected chi connectivity index (χ3v) is 3.03. The highest BCUT2D eigenvalue weighted by Crippen LogP contribution is 2.18. The molecule has 2 N–H and O–H groups in total. The van der Waals surface area contributed by atoms with Crippen molar-refractivity contribution in [3.63, 3.8) is 0 Å². The Morgan fingerprint density at radius 2 is 1.95 bits per heavy atom. The minimum absolute atomic E-state index is 0.0265. The molecule has 0 aliphatic rings. The van der Waals surface area contributed by atoms with Crippen molar-refractivity contribution in [2.45, 2.75) is 26.2 Å². The van der Waals surface area contributed by atoms with Gasteiger partial charge in [-0.15, -0.1) is 0 Å². The lowest BCUT2D eigenvalue weighted by atomic mass is 10.0. The summed E-state index contributed by atoms with van der Waals surface area (Å²) in [6.07, 6.45) is 0.811. The van der Waals surface area contributed by atoms with Crippen LogP contribution in [0.1, 0.15) is 31.7 Å². The Bertz CT molecular complexity index is 388. The molecule has 1 aromatic rings. The summed E-state index contributed by atoms with van der Waals surface area (Å²) in [5.74, 6) is 1.20. The SMILES string of the molecule is CC(C)c1ccc(OCC(=O)N(C)CCCN)cc1. The normalized spacial score (nSPS) is 10.6. The van der Waals surface area contributed by atoms with Gasteiger partial charge in [-0.05, 0) is 36.6 Å². The molecular weight excluding hydrogens is 240 g/mol. The molecule has 0 aliphatic heterocycles. The molecule has 1 rings (SSSR count). The van der Waals surface area contributed by atoms with Crippen LogP contribution in [0.2, 0.25) is 0 Å². The lowest BCUT2D eigenvalue weighted by Gasteiger charge is -2.17. The minimum atomic E-state index is -0.0265. The van der Waals surface area contributed by atoms with Gasteiger partial charge in [-0.3, -0.25) is 4.79 Å².